The molecule has 1 atom stereocenters. The molecule has 1 fully saturated rings. The Balaban J connectivity index is 1.61. The quantitative estimate of drug-likeness (QED) is 0.754. The Labute approximate surface area is 161 Å². The summed E-state index contributed by atoms with van der Waals surface area (Å²) in [7, 11) is 0. The van der Waals surface area contributed by atoms with E-state index in [9.17, 15) is 9.59 Å². The smallest absolute Gasteiger partial charge is 0.261 e. The highest BCUT2D eigenvalue weighted by Gasteiger charge is 2.28. The van der Waals surface area contributed by atoms with Crippen LogP contribution in [-0.2, 0) is 11.3 Å². The van der Waals surface area contributed by atoms with Crippen molar-refractivity contribution in [2.45, 2.75) is 12.6 Å². The summed E-state index contributed by atoms with van der Waals surface area (Å²) >= 11 is 6.12. The average molecular weight is 383 g/mol. The molecule has 0 radical (unpaired) electrons. The van der Waals surface area contributed by atoms with E-state index in [4.69, 9.17) is 11.6 Å². The van der Waals surface area contributed by atoms with Crippen molar-refractivity contribution in [3.05, 3.63) is 75.8 Å². The Morgan fingerprint density at radius 3 is 2.93 bits per heavy atom. The maximum atomic E-state index is 13.0. The maximum absolute atomic E-state index is 13.0. The van der Waals surface area contributed by atoms with E-state index in [2.05, 4.69) is 10.3 Å². The molecule has 3 aromatic rings. The summed E-state index contributed by atoms with van der Waals surface area (Å²) < 4.78 is 1.38. The molecule has 138 valence electrons. The van der Waals surface area contributed by atoms with Crippen molar-refractivity contribution in [2.24, 2.45) is 0 Å². The number of para-hydroxylation sites is 1. The summed E-state index contributed by atoms with van der Waals surface area (Å²) in [5.74, 6) is -0.111. The van der Waals surface area contributed by atoms with Crippen LogP contribution in [0.3, 0.4) is 0 Å². The molecule has 1 aliphatic rings. The number of amides is 1. The monoisotopic (exact) mass is 382 g/mol. The molecule has 1 amide bonds. The highest BCUT2D eigenvalue weighted by molar-refractivity contribution is 6.30. The van der Waals surface area contributed by atoms with Crippen LogP contribution < -0.4 is 10.9 Å². The predicted molar refractivity (Wildman–Crippen MR) is 105 cm³/mol. The van der Waals surface area contributed by atoms with Gasteiger partial charge in [-0.1, -0.05) is 35.9 Å². The minimum Gasteiger partial charge on any atom is -0.332 e. The first-order chi connectivity index (χ1) is 13.1. The third-order valence-electron chi connectivity index (χ3n) is 4.83. The van der Waals surface area contributed by atoms with Crippen molar-refractivity contribution >= 4 is 28.4 Å². The largest absolute Gasteiger partial charge is 0.332 e. The molecule has 2 heterocycles. The van der Waals surface area contributed by atoms with Gasteiger partial charge in [0.25, 0.3) is 5.56 Å². The molecule has 1 aliphatic heterocycles. The van der Waals surface area contributed by atoms with Crippen LogP contribution in [0.15, 0.2) is 59.7 Å². The summed E-state index contributed by atoms with van der Waals surface area (Å²) in [6, 6.07) is 14.6. The fourth-order valence-corrected chi connectivity index (χ4v) is 3.67. The second-order valence-corrected chi connectivity index (χ2v) is 6.99. The molecule has 0 bridgehead atoms. The third-order valence-corrected chi connectivity index (χ3v) is 5.07. The molecule has 1 saturated heterocycles. The average Bonchev–Trinajstić information content (AvgIpc) is 2.70. The number of nitrogens with one attached hydrogen (secondary N) is 1. The van der Waals surface area contributed by atoms with Crippen LogP contribution in [-0.4, -0.2) is 40.0 Å². The van der Waals surface area contributed by atoms with E-state index in [1.807, 2.05) is 35.2 Å². The molecule has 27 heavy (non-hydrogen) atoms. The molecule has 0 aliphatic carbocycles. The van der Waals surface area contributed by atoms with Crippen LogP contribution in [0.2, 0.25) is 5.02 Å². The van der Waals surface area contributed by atoms with E-state index in [0.717, 1.165) is 5.56 Å². The Hall–Kier alpha value is -2.70. The Morgan fingerprint density at radius 2 is 2.07 bits per heavy atom. The summed E-state index contributed by atoms with van der Waals surface area (Å²) in [6.07, 6.45) is 1.44. The highest BCUT2D eigenvalue weighted by Crippen LogP contribution is 2.25. The summed E-state index contributed by atoms with van der Waals surface area (Å²) in [5.41, 5.74) is 1.40. The third kappa shape index (κ3) is 3.59. The number of hydrogen-bond acceptors (Lipinski definition) is 4. The predicted octanol–water partition coefficient (Wildman–Crippen LogP) is 2.22. The SMILES string of the molecule is O=C(Cn1cnc2ccccc2c1=O)N1CCNCC1c1cccc(Cl)c1. The molecular formula is C20H19ClN4O2. The van der Waals surface area contributed by atoms with E-state index in [-0.39, 0.29) is 24.1 Å². The standard InChI is InChI=1S/C20H19ClN4O2/c21-15-5-3-4-14(10-15)18-11-22-8-9-25(18)19(26)12-24-13-23-17-7-2-1-6-16(17)20(24)27/h1-7,10,13,18,22H,8-9,11-12H2. The first-order valence-electron chi connectivity index (χ1n) is 8.83. The zero-order valence-electron chi connectivity index (χ0n) is 14.6. The zero-order chi connectivity index (χ0) is 18.8. The fourth-order valence-electron chi connectivity index (χ4n) is 3.47. The minimum atomic E-state index is -0.205. The Bertz CT molecular complexity index is 1050. The summed E-state index contributed by atoms with van der Waals surface area (Å²) in [6.45, 7) is 1.91. The number of halogens is 1. The normalized spacial score (nSPS) is 17.2. The van der Waals surface area contributed by atoms with Crippen molar-refractivity contribution < 1.29 is 4.79 Å². The van der Waals surface area contributed by atoms with Crippen LogP contribution in [0.1, 0.15) is 11.6 Å². The van der Waals surface area contributed by atoms with Crippen LogP contribution in [0.5, 0.6) is 0 Å². The van der Waals surface area contributed by atoms with Gasteiger partial charge in [-0.25, -0.2) is 4.98 Å². The van der Waals surface area contributed by atoms with Crippen molar-refractivity contribution in [3.63, 3.8) is 0 Å². The highest BCUT2D eigenvalue weighted by atomic mass is 35.5. The zero-order valence-corrected chi connectivity index (χ0v) is 15.4. The number of carbonyl (C=O) groups is 1. The second-order valence-electron chi connectivity index (χ2n) is 6.56. The van der Waals surface area contributed by atoms with E-state index in [1.165, 1.54) is 10.9 Å². The van der Waals surface area contributed by atoms with Gasteiger partial charge < -0.3 is 10.2 Å². The topological polar surface area (TPSA) is 67.2 Å². The fraction of sp³-hybridized carbons (Fsp3) is 0.250. The van der Waals surface area contributed by atoms with E-state index < -0.39 is 0 Å². The van der Waals surface area contributed by atoms with Crippen molar-refractivity contribution in [2.75, 3.05) is 19.6 Å². The molecule has 7 heteroatoms. The van der Waals surface area contributed by atoms with Crippen molar-refractivity contribution in [1.82, 2.24) is 19.8 Å². The molecule has 6 nitrogen and oxygen atoms in total. The van der Waals surface area contributed by atoms with Crippen LogP contribution >= 0.6 is 11.6 Å². The minimum absolute atomic E-state index is 0.0340. The van der Waals surface area contributed by atoms with Crippen LogP contribution in [0, 0.1) is 0 Å². The van der Waals surface area contributed by atoms with E-state index in [0.29, 0.717) is 35.6 Å². The number of piperazine rings is 1. The molecule has 4 rings (SSSR count). The van der Waals surface area contributed by atoms with Gasteiger partial charge in [0, 0.05) is 24.7 Å². The lowest BCUT2D eigenvalue weighted by Crippen LogP contribution is -2.50. The molecule has 0 saturated carbocycles. The maximum Gasteiger partial charge on any atom is 0.261 e. The first-order valence-corrected chi connectivity index (χ1v) is 9.21. The van der Waals surface area contributed by atoms with Crippen molar-refractivity contribution in [1.29, 1.82) is 0 Å². The Kier molecular flexibility index (Phi) is 4.92. The van der Waals surface area contributed by atoms with Crippen LogP contribution in [0.4, 0.5) is 0 Å². The molecule has 1 aromatic heterocycles. The molecule has 0 spiro atoms. The first kappa shape index (κ1) is 17.7. The number of rotatable bonds is 3. The van der Waals surface area contributed by atoms with Gasteiger partial charge in [0.1, 0.15) is 6.54 Å². The number of aromatic nitrogens is 2. The van der Waals surface area contributed by atoms with Gasteiger partial charge in [-0.15, -0.1) is 0 Å². The summed E-state index contributed by atoms with van der Waals surface area (Å²) in [5, 5.41) is 4.47. The molecule has 1 unspecified atom stereocenters. The Morgan fingerprint density at radius 1 is 1.22 bits per heavy atom. The number of benzene rings is 2. The van der Waals surface area contributed by atoms with E-state index >= 15 is 0 Å². The molecule has 1 N–H and O–H groups in total. The number of nitrogens with zero attached hydrogens (tertiary/aromatic N) is 3. The van der Waals surface area contributed by atoms with Crippen molar-refractivity contribution in [3.8, 4) is 0 Å². The number of carbonyl (C=O) groups excluding carboxylic acids is 1. The van der Waals surface area contributed by atoms with Gasteiger partial charge in [0.2, 0.25) is 5.91 Å². The number of hydrogen-bond donors (Lipinski definition) is 1. The van der Waals surface area contributed by atoms with Gasteiger partial charge >= 0.3 is 0 Å². The van der Waals surface area contributed by atoms with Gasteiger partial charge in [-0.2, -0.15) is 0 Å². The lowest BCUT2D eigenvalue weighted by molar-refractivity contribution is -0.135. The van der Waals surface area contributed by atoms with Gasteiger partial charge in [-0.05, 0) is 29.8 Å². The lowest BCUT2D eigenvalue weighted by atomic mass is 10.0. The lowest BCUT2D eigenvalue weighted by Gasteiger charge is -2.36. The number of fused-ring (bicyclic) bond motifs is 1. The van der Waals surface area contributed by atoms with Gasteiger partial charge in [0.05, 0.1) is 23.3 Å². The van der Waals surface area contributed by atoms with E-state index in [1.54, 1.807) is 18.2 Å². The summed E-state index contributed by atoms with van der Waals surface area (Å²) in [4.78, 5) is 31.8. The molecule has 2 aromatic carbocycles. The molecular weight excluding hydrogens is 364 g/mol. The second kappa shape index (κ2) is 7.50. The van der Waals surface area contributed by atoms with Gasteiger partial charge in [-0.3, -0.25) is 14.2 Å². The van der Waals surface area contributed by atoms with Crippen LogP contribution in [0.25, 0.3) is 10.9 Å². The van der Waals surface area contributed by atoms with Gasteiger partial charge in [0.15, 0.2) is 0 Å².